The minimum Gasteiger partial charge on any atom is -0.382 e. The molecular weight excluding hydrogens is 249 g/mol. The Bertz CT molecular complexity index is 527. The number of aliphatic hydroxyl groups is 1. The van der Waals surface area contributed by atoms with Gasteiger partial charge in [-0.05, 0) is 17.7 Å². The maximum absolute atomic E-state index is 12.8. The average Bonchev–Trinajstić information content (AvgIpc) is 2.78. The second kappa shape index (κ2) is 4.78. The number of benzene rings is 1. The van der Waals surface area contributed by atoms with Crippen molar-refractivity contribution in [3.05, 3.63) is 51.7 Å². The third kappa shape index (κ3) is 2.76. The standard InChI is InChI=1S/C14H16FNOS/c1-14(2,3)13-16-11(8-18-13)12(17)9-4-6-10(15)7-5-9/h4-8,12,17H,1-3H3. The zero-order valence-electron chi connectivity index (χ0n) is 10.6. The Morgan fingerprint density at radius 2 is 1.83 bits per heavy atom. The number of thiazole rings is 1. The second-order valence-corrected chi connectivity index (χ2v) is 6.14. The van der Waals surface area contributed by atoms with Crippen LogP contribution in [0.4, 0.5) is 4.39 Å². The summed E-state index contributed by atoms with van der Waals surface area (Å²) in [5, 5.41) is 13.0. The Morgan fingerprint density at radius 1 is 1.22 bits per heavy atom. The van der Waals surface area contributed by atoms with Gasteiger partial charge in [0.05, 0.1) is 10.7 Å². The molecule has 0 saturated carbocycles. The van der Waals surface area contributed by atoms with Crippen molar-refractivity contribution in [2.24, 2.45) is 0 Å². The Balaban J connectivity index is 2.26. The van der Waals surface area contributed by atoms with Gasteiger partial charge < -0.3 is 5.11 Å². The molecule has 2 aromatic rings. The molecule has 0 aliphatic heterocycles. The lowest BCUT2D eigenvalue weighted by molar-refractivity contribution is 0.215. The molecule has 1 N–H and O–H groups in total. The summed E-state index contributed by atoms with van der Waals surface area (Å²) in [4.78, 5) is 4.46. The number of hydrogen-bond acceptors (Lipinski definition) is 3. The Labute approximate surface area is 110 Å². The minimum atomic E-state index is -0.794. The van der Waals surface area contributed by atoms with Gasteiger partial charge in [0, 0.05) is 10.8 Å². The third-order valence-corrected chi connectivity index (χ3v) is 3.92. The van der Waals surface area contributed by atoms with Gasteiger partial charge in [-0.15, -0.1) is 11.3 Å². The highest BCUT2D eigenvalue weighted by Gasteiger charge is 2.21. The highest BCUT2D eigenvalue weighted by Crippen LogP contribution is 2.29. The number of nitrogens with zero attached hydrogens (tertiary/aromatic N) is 1. The number of aliphatic hydroxyl groups excluding tert-OH is 1. The molecule has 0 fully saturated rings. The van der Waals surface area contributed by atoms with E-state index in [4.69, 9.17) is 0 Å². The van der Waals surface area contributed by atoms with Crippen molar-refractivity contribution < 1.29 is 9.50 Å². The number of aromatic nitrogens is 1. The van der Waals surface area contributed by atoms with Crippen LogP contribution in [0.2, 0.25) is 0 Å². The highest BCUT2D eigenvalue weighted by atomic mass is 32.1. The molecule has 1 aromatic carbocycles. The molecule has 1 unspecified atom stereocenters. The van der Waals surface area contributed by atoms with Gasteiger partial charge in [0.1, 0.15) is 11.9 Å². The van der Waals surface area contributed by atoms with Gasteiger partial charge in [-0.3, -0.25) is 0 Å². The molecule has 2 nitrogen and oxygen atoms in total. The summed E-state index contributed by atoms with van der Waals surface area (Å²) in [6.45, 7) is 6.25. The maximum Gasteiger partial charge on any atom is 0.123 e. The van der Waals surface area contributed by atoms with Crippen LogP contribution in [0.15, 0.2) is 29.6 Å². The van der Waals surface area contributed by atoms with Crippen LogP contribution in [-0.4, -0.2) is 10.1 Å². The van der Waals surface area contributed by atoms with E-state index in [-0.39, 0.29) is 11.2 Å². The largest absolute Gasteiger partial charge is 0.382 e. The van der Waals surface area contributed by atoms with E-state index >= 15 is 0 Å². The first kappa shape index (κ1) is 13.2. The lowest BCUT2D eigenvalue weighted by Crippen LogP contribution is -2.11. The van der Waals surface area contributed by atoms with Crippen LogP contribution in [0, 0.1) is 5.82 Å². The van der Waals surface area contributed by atoms with Crippen LogP contribution in [0.1, 0.15) is 43.1 Å². The molecule has 0 aliphatic rings. The molecule has 0 radical (unpaired) electrons. The summed E-state index contributed by atoms with van der Waals surface area (Å²) in [5.74, 6) is -0.306. The molecule has 0 spiro atoms. The van der Waals surface area contributed by atoms with E-state index in [0.29, 0.717) is 11.3 Å². The van der Waals surface area contributed by atoms with E-state index in [1.54, 1.807) is 12.1 Å². The second-order valence-electron chi connectivity index (χ2n) is 5.28. The topological polar surface area (TPSA) is 33.1 Å². The van der Waals surface area contributed by atoms with Crippen molar-refractivity contribution in [1.82, 2.24) is 4.98 Å². The lowest BCUT2D eigenvalue weighted by atomic mass is 9.98. The van der Waals surface area contributed by atoms with Crippen LogP contribution >= 0.6 is 11.3 Å². The summed E-state index contributed by atoms with van der Waals surface area (Å²) in [6, 6.07) is 5.84. The van der Waals surface area contributed by atoms with E-state index in [0.717, 1.165) is 5.01 Å². The van der Waals surface area contributed by atoms with E-state index in [2.05, 4.69) is 25.8 Å². The van der Waals surface area contributed by atoms with Crippen molar-refractivity contribution in [3.63, 3.8) is 0 Å². The van der Waals surface area contributed by atoms with Crippen molar-refractivity contribution in [3.8, 4) is 0 Å². The molecule has 4 heteroatoms. The van der Waals surface area contributed by atoms with Crippen LogP contribution < -0.4 is 0 Å². The van der Waals surface area contributed by atoms with Crippen LogP contribution in [0.25, 0.3) is 0 Å². The number of rotatable bonds is 2. The van der Waals surface area contributed by atoms with Crippen molar-refractivity contribution in [2.45, 2.75) is 32.3 Å². The van der Waals surface area contributed by atoms with Gasteiger partial charge in [0.25, 0.3) is 0 Å². The third-order valence-electron chi connectivity index (χ3n) is 2.63. The molecule has 2 rings (SSSR count). The molecule has 0 amide bonds. The quantitative estimate of drug-likeness (QED) is 0.899. The predicted molar refractivity (Wildman–Crippen MR) is 71.3 cm³/mol. The summed E-state index contributed by atoms with van der Waals surface area (Å²) >= 11 is 1.54. The molecule has 0 bridgehead atoms. The maximum atomic E-state index is 12.8. The van der Waals surface area contributed by atoms with E-state index in [1.165, 1.54) is 23.5 Å². The van der Waals surface area contributed by atoms with Gasteiger partial charge >= 0.3 is 0 Å². The van der Waals surface area contributed by atoms with Gasteiger partial charge in [-0.2, -0.15) is 0 Å². The van der Waals surface area contributed by atoms with Crippen LogP contribution in [0.5, 0.6) is 0 Å². The van der Waals surface area contributed by atoms with Crippen molar-refractivity contribution in [2.75, 3.05) is 0 Å². The molecule has 18 heavy (non-hydrogen) atoms. The highest BCUT2D eigenvalue weighted by molar-refractivity contribution is 7.09. The van der Waals surface area contributed by atoms with Crippen molar-refractivity contribution >= 4 is 11.3 Å². The predicted octanol–water partition coefficient (Wildman–Crippen LogP) is 3.66. The summed E-state index contributed by atoms with van der Waals surface area (Å²) < 4.78 is 12.8. The van der Waals surface area contributed by atoms with E-state index in [1.807, 2.05) is 5.38 Å². The summed E-state index contributed by atoms with van der Waals surface area (Å²) in [7, 11) is 0. The summed E-state index contributed by atoms with van der Waals surface area (Å²) in [5.41, 5.74) is 1.25. The van der Waals surface area contributed by atoms with Crippen LogP contribution in [0.3, 0.4) is 0 Å². The normalized spacial score (nSPS) is 13.6. The summed E-state index contributed by atoms with van der Waals surface area (Å²) in [6.07, 6.45) is -0.794. The van der Waals surface area contributed by atoms with E-state index in [9.17, 15) is 9.50 Å². The average molecular weight is 265 g/mol. The first-order chi connectivity index (χ1) is 8.38. The fourth-order valence-corrected chi connectivity index (χ4v) is 2.50. The zero-order chi connectivity index (χ0) is 13.3. The zero-order valence-corrected chi connectivity index (χ0v) is 11.5. The Hall–Kier alpha value is -1.26. The first-order valence-corrected chi connectivity index (χ1v) is 6.65. The monoisotopic (exact) mass is 265 g/mol. The SMILES string of the molecule is CC(C)(C)c1nc(C(O)c2ccc(F)cc2)cs1. The fourth-order valence-electron chi connectivity index (χ4n) is 1.57. The first-order valence-electron chi connectivity index (χ1n) is 5.77. The molecule has 0 aliphatic carbocycles. The van der Waals surface area contributed by atoms with E-state index < -0.39 is 6.10 Å². The van der Waals surface area contributed by atoms with Crippen molar-refractivity contribution in [1.29, 1.82) is 0 Å². The lowest BCUT2D eigenvalue weighted by Gasteiger charge is -2.14. The minimum absolute atomic E-state index is 0.0224. The van der Waals surface area contributed by atoms with Gasteiger partial charge in [-0.1, -0.05) is 32.9 Å². The van der Waals surface area contributed by atoms with Gasteiger partial charge in [0.2, 0.25) is 0 Å². The van der Waals surface area contributed by atoms with Crippen LogP contribution in [-0.2, 0) is 5.41 Å². The Kier molecular flexibility index (Phi) is 3.50. The number of hydrogen-bond donors (Lipinski definition) is 1. The van der Waals surface area contributed by atoms with Gasteiger partial charge in [-0.25, -0.2) is 9.37 Å². The molecule has 0 saturated heterocycles. The molecule has 1 atom stereocenters. The van der Waals surface area contributed by atoms with Gasteiger partial charge in [0.15, 0.2) is 0 Å². The molecule has 1 heterocycles. The fraction of sp³-hybridized carbons (Fsp3) is 0.357. The number of halogens is 1. The molecular formula is C14H16FNOS. The Morgan fingerprint density at radius 3 is 2.33 bits per heavy atom. The molecule has 96 valence electrons. The molecule has 1 aromatic heterocycles. The smallest absolute Gasteiger partial charge is 0.123 e.